The number of hydrogen-bond donors (Lipinski definition) is 3. The van der Waals surface area contributed by atoms with Gasteiger partial charge in [-0.15, -0.1) is 0 Å². The standard InChI is InChI=1S/C11H14NO3P/c13-16(14,15)7-4-5-11-9(6-7)8-2-1-3-10(8)12-11/h4-6,8,10,12H,1-3H2,(H2,13,14,15). The quantitative estimate of drug-likeness (QED) is 0.650. The van der Waals surface area contributed by atoms with Crippen LogP contribution in [-0.4, -0.2) is 15.8 Å². The van der Waals surface area contributed by atoms with E-state index in [4.69, 9.17) is 9.79 Å². The van der Waals surface area contributed by atoms with Crippen LogP contribution in [-0.2, 0) is 4.57 Å². The molecule has 4 nitrogen and oxygen atoms in total. The van der Waals surface area contributed by atoms with Crippen molar-refractivity contribution in [1.29, 1.82) is 0 Å². The lowest BCUT2D eigenvalue weighted by Gasteiger charge is -2.09. The normalized spacial score (nSPS) is 27.4. The first-order valence-electron chi connectivity index (χ1n) is 5.52. The number of benzene rings is 1. The van der Waals surface area contributed by atoms with Gasteiger partial charge in [0.2, 0.25) is 0 Å². The van der Waals surface area contributed by atoms with E-state index in [1.54, 1.807) is 12.1 Å². The van der Waals surface area contributed by atoms with Gasteiger partial charge in [0.1, 0.15) is 0 Å². The molecule has 0 radical (unpaired) electrons. The summed E-state index contributed by atoms with van der Waals surface area (Å²) >= 11 is 0. The van der Waals surface area contributed by atoms with Gasteiger partial charge in [-0.2, -0.15) is 0 Å². The summed E-state index contributed by atoms with van der Waals surface area (Å²) in [4.78, 5) is 18.3. The highest BCUT2D eigenvalue weighted by atomic mass is 31.2. The molecule has 3 N–H and O–H groups in total. The van der Waals surface area contributed by atoms with Crippen LogP contribution in [0.4, 0.5) is 5.69 Å². The summed E-state index contributed by atoms with van der Waals surface area (Å²) in [5.41, 5.74) is 2.13. The molecule has 2 unspecified atom stereocenters. The van der Waals surface area contributed by atoms with Crippen molar-refractivity contribution < 1.29 is 14.4 Å². The maximum Gasteiger partial charge on any atom is 0.356 e. The smallest absolute Gasteiger partial charge is 0.356 e. The molecule has 2 aliphatic rings. The van der Waals surface area contributed by atoms with E-state index in [0.717, 1.165) is 24.1 Å². The fourth-order valence-corrected chi connectivity index (χ4v) is 3.45. The maximum atomic E-state index is 11.2. The average molecular weight is 239 g/mol. The van der Waals surface area contributed by atoms with E-state index in [1.807, 2.05) is 0 Å². The number of fused-ring (bicyclic) bond motifs is 3. The Morgan fingerprint density at radius 1 is 1.31 bits per heavy atom. The number of anilines is 1. The largest absolute Gasteiger partial charge is 0.381 e. The topological polar surface area (TPSA) is 69.6 Å². The molecule has 3 rings (SSSR count). The molecule has 5 heteroatoms. The summed E-state index contributed by atoms with van der Waals surface area (Å²) in [5, 5.41) is 3.56. The van der Waals surface area contributed by atoms with Crippen molar-refractivity contribution in [2.45, 2.75) is 31.2 Å². The maximum absolute atomic E-state index is 11.2. The highest BCUT2D eigenvalue weighted by Crippen LogP contribution is 2.46. The predicted molar refractivity (Wildman–Crippen MR) is 62.1 cm³/mol. The van der Waals surface area contributed by atoms with Crippen LogP contribution in [0.3, 0.4) is 0 Å². The zero-order valence-corrected chi connectivity index (χ0v) is 9.65. The highest BCUT2D eigenvalue weighted by molar-refractivity contribution is 7.60. The van der Waals surface area contributed by atoms with Crippen molar-refractivity contribution in [3.8, 4) is 0 Å². The summed E-state index contributed by atoms with van der Waals surface area (Å²) in [6, 6.07) is 5.47. The van der Waals surface area contributed by atoms with Gasteiger partial charge in [-0.1, -0.05) is 6.42 Å². The molecule has 1 heterocycles. The van der Waals surface area contributed by atoms with Gasteiger partial charge in [-0.3, -0.25) is 4.57 Å². The second kappa shape index (κ2) is 3.33. The van der Waals surface area contributed by atoms with E-state index in [0.29, 0.717) is 12.0 Å². The lowest BCUT2D eigenvalue weighted by Crippen LogP contribution is -2.13. The summed E-state index contributed by atoms with van der Waals surface area (Å²) < 4.78 is 11.2. The van der Waals surface area contributed by atoms with Crippen LogP contribution in [0.5, 0.6) is 0 Å². The van der Waals surface area contributed by atoms with Crippen molar-refractivity contribution >= 4 is 18.6 Å². The summed E-state index contributed by atoms with van der Waals surface area (Å²) in [6.07, 6.45) is 3.47. The van der Waals surface area contributed by atoms with Crippen LogP contribution in [0.2, 0.25) is 0 Å². The minimum atomic E-state index is -4.11. The number of rotatable bonds is 1. The molecule has 1 fully saturated rings. The second-order valence-corrected chi connectivity index (χ2v) is 6.21. The molecule has 1 aromatic carbocycles. The monoisotopic (exact) mass is 239 g/mol. The van der Waals surface area contributed by atoms with Crippen molar-refractivity contribution in [3.05, 3.63) is 23.8 Å². The molecule has 1 saturated carbocycles. The Kier molecular flexibility index (Phi) is 2.15. The predicted octanol–water partition coefficient (Wildman–Crippen LogP) is 1.55. The molecule has 0 amide bonds. The fraction of sp³-hybridized carbons (Fsp3) is 0.455. The van der Waals surface area contributed by atoms with Gasteiger partial charge < -0.3 is 15.1 Å². The van der Waals surface area contributed by atoms with E-state index in [-0.39, 0.29) is 5.30 Å². The first-order valence-corrected chi connectivity index (χ1v) is 7.13. The van der Waals surface area contributed by atoms with E-state index < -0.39 is 7.60 Å². The minimum Gasteiger partial charge on any atom is -0.381 e. The van der Waals surface area contributed by atoms with Gasteiger partial charge >= 0.3 is 7.60 Å². The van der Waals surface area contributed by atoms with E-state index >= 15 is 0 Å². The van der Waals surface area contributed by atoms with Gasteiger partial charge in [0.05, 0.1) is 5.30 Å². The zero-order chi connectivity index (χ0) is 11.3. The van der Waals surface area contributed by atoms with E-state index in [1.165, 1.54) is 12.5 Å². The fourth-order valence-electron chi connectivity index (χ4n) is 2.87. The Morgan fingerprint density at radius 3 is 2.88 bits per heavy atom. The van der Waals surface area contributed by atoms with E-state index in [9.17, 15) is 4.57 Å². The van der Waals surface area contributed by atoms with Gasteiger partial charge in [0.25, 0.3) is 0 Å². The van der Waals surface area contributed by atoms with Crippen LogP contribution in [0.1, 0.15) is 30.7 Å². The van der Waals surface area contributed by atoms with Crippen molar-refractivity contribution in [2.24, 2.45) is 0 Å². The Balaban J connectivity index is 2.06. The Labute approximate surface area is 93.8 Å². The van der Waals surface area contributed by atoms with Crippen LogP contribution >= 0.6 is 7.60 Å². The van der Waals surface area contributed by atoms with Gasteiger partial charge in [-0.05, 0) is 36.6 Å². The minimum absolute atomic E-state index is 0.139. The second-order valence-electron chi connectivity index (χ2n) is 4.60. The molecule has 1 aliphatic carbocycles. The molecular weight excluding hydrogens is 225 g/mol. The molecule has 0 bridgehead atoms. The van der Waals surface area contributed by atoms with Gasteiger partial charge in [0, 0.05) is 17.6 Å². The molecule has 0 saturated heterocycles. The molecular formula is C11H14NO3P. The molecule has 16 heavy (non-hydrogen) atoms. The number of hydrogen-bond acceptors (Lipinski definition) is 2. The Hall–Kier alpha value is -0.830. The summed E-state index contributed by atoms with van der Waals surface area (Å²) in [5.74, 6) is 0.446. The van der Waals surface area contributed by atoms with E-state index in [2.05, 4.69) is 5.32 Å². The first-order chi connectivity index (χ1) is 7.55. The van der Waals surface area contributed by atoms with Gasteiger partial charge in [-0.25, -0.2) is 0 Å². The van der Waals surface area contributed by atoms with Crippen molar-refractivity contribution in [2.75, 3.05) is 5.32 Å². The molecule has 86 valence electrons. The summed E-state index contributed by atoms with van der Waals surface area (Å²) in [7, 11) is -4.11. The lowest BCUT2D eigenvalue weighted by atomic mass is 9.98. The average Bonchev–Trinajstić information content (AvgIpc) is 2.74. The molecule has 1 aromatic rings. The third-order valence-corrected chi connectivity index (χ3v) is 4.58. The third-order valence-electron chi connectivity index (χ3n) is 3.63. The highest BCUT2D eigenvalue weighted by Gasteiger charge is 2.36. The molecule has 2 atom stereocenters. The Morgan fingerprint density at radius 2 is 2.12 bits per heavy atom. The van der Waals surface area contributed by atoms with Crippen LogP contribution in [0.15, 0.2) is 18.2 Å². The van der Waals surface area contributed by atoms with Crippen LogP contribution in [0.25, 0.3) is 0 Å². The third kappa shape index (κ3) is 1.49. The van der Waals surface area contributed by atoms with Crippen LogP contribution in [0, 0.1) is 0 Å². The molecule has 0 spiro atoms. The van der Waals surface area contributed by atoms with Gasteiger partial charge in [0.15, 0.2) is 0 Å². The van der Waals surface area contributed by atoms with Crippen molar-refractivity contribution in [3.63, 3.8) is 0 Å². The lowest BCUT2D eigenvalue weighted by molar-refractivity contribution is 0.387. The molecule has 0 aromatic heterocycles. The number of nitrogens with one attached hydrogen (secondary N) is 1. The Bertz CT molecular complexity index is 482. The zero-order valence-electron chi connectivity index (χ0n) is 8.76. The molecule has 1 aliphatic heterocycles. The SMILES string of the molecule is O=P(O)(O)c1ccc2c(c1)C1CCCC1N2. The first kappa shape index (κ1) is 10.3. The van der Waals surface area contributed by atoms with Crippen molar-refractivity contribution in [1.82, 2.24) is 0 Å². The summed E-state index contributed by atoms with van der Waals surface area (Å²) in [6.45, 7) is 0. The van der Waals surface area contributed by atoms with Crippen LogP contribution < -0.4 is 10.6 Å².